The third kappa shape index (κ3) is 7.78. The molecular formula is C27H37NO2. The van der Waals surface area contributed by atoms with E-state index < -0.39 is 6.09 Å². The first kappa shape index (κ1) is 23.9. The molecule has 2 rings (SSSR count). The Morgan fingerprint density at radius 3 is 2.60 bits per heavy atom. The fourth-order valence-corrected chi connectivity index (χ4v) is 3.86. The number of rotatable bonds is 7. The number of aliphatic imine (C=N–C) groups is 1. The van der Waals surface area contributed by atoms with Crippen LogP contribution in [-0.2, 0) is 11.3 Å². The smallest absolute Gasteiger partial charge is 0.433 e. The van der Waals surface area contributed by atoms with Crippen LogP contribution < -0.4 is 0 Å². The minimum Gasteiger partial charge on any atom is -0.443 e. The van der Waals surface area contributed by atoms with Crippen LogP contribution in [0.15, 0.2) is 70.3 Å². The van der Waals surface area contributed by atoms with Gasteiger partial charge in [0.1, 0.15) is 6.61 Å². The quantitative estimate of drug-likeness (QED) is 0.341. The van der Waals surface area contributed by atoms with Gasteiger partial charge in [-0.1, -0.05) is 79.1 Å². The highest BCUT2D eigenvalue weighted by Gasteiger charge is 2.25. The maximum atomic E-state index is 12.2. The normalized spacial score (nSPS) is 21.1. The van der Waals surface area contributed by atoms with Crippen LogP contribution in [0.3, 0.4) is 0 Å². The van der Waals surface area contributed by atoms with Crippen LogP contribution in [0.4, 0.5) is 4.79 Å². The Kier molecular flexibility index (Phi) is 9.79. The first-order chi connectivity index (χ1) is 14.4. The number of amides is 1. The van der Waals surface area contributed by atoms with Crippen LogP contribution in [0.2, 0.25) is 0 Å². The molecule has 0 heterocycles. The summed E-state index contributed by atoms with van der Waals surface area (Å²) in [7, 11) is 0. The summed E-state index contributed by atoms with van der Waals surface area (Å²) < 4.78 is 5.34. The van der Waals surface area contributed by atoms with Crippen molar-refractivity contribution in [3.8, 4) is 0 Å². The Morgan fingerprint density at radius 1 is 1.20 bits per heavy atom. The van der Waals surface area contributed by atoms with Crippen molar-refractivity contribution in [2.24, 2.45) is 16.8 Å². The van der Waals surface area contributed by atoms with Gasteiger partial charge in [-0.25, -0.2) is 4.79 Å². The zero-order valence-corrected chi connectivity index (χ0v) is 19.3. The van der Waals surface area contributed by atoms with Gasteiger partial charge in [0.2, 0.25) is 0 Å². The van der Waals surface area contributed by atoms with E-state index in [0.717, 1.165) is 43.4 Å². The predicted octanol–water partition coefficient (Wildman–Crippen LogP) is 7.84. The molecule has 30 heavy (non-hydrogen) atoms. The van der Waals surface area contributed by atoms with Gasteiger partial charge >= 0.3 is 6.09 Å². The SMILES string of the molecule is CCC(C/C=C(C)/C=C/C1CCC/C(=N\C(=O)OCc2ccccc2)[C@@H]1C)=C(C)C. The lowest BCUT2D eigenvalue weighted by molar-refractivity contribution is 0.150. The molecule has 162 valence electrons. The molecule has 2 atom stereocenters. The molecule has 0 aromatic heterocycles. The van der Waals surface area contributed by atoms with E-state index in [4.69, 9.17) is 4.74 Å². The number of hydrogen-bond acceptors (Lipinski definition) is 2. The van der Waals surface area contributed by atoms with Crippen LogP contribution in [0.5, 0.6) is 0 Å². The second-order valence-electron chi connectivity index (χ2n) is 8.46. The predicted molar refractivity (Wildman–Crippen MR) is 127 cm³/mol. The van der Waals surface area contributed by atoms with Crippen molar-refractivity contribution in [3.63, 3.8) is 0 Å². The Balaban J connectivity index is 1.94. The molecule has 0 saturated heterocycles. The lowest BCUT2D eigenvalue weighted by atomic mass is 9.78. The highest BCUT2D eigenvalue weighted by molar-refractivity contribution is 5.95. The van der Waals surface area contributed by atoms with Crippen molar-refractivity contribution in [2.75, 3.05) is 0 Å². The molecule has 1 amide bonds. The van der Waals surface area contributed by atoms with Crippen LogP contribution in [0.1, 0.15) is 72.3 Å². The monoisotopic (exact) mass is 407 g/mol. The number of allylic oxidation sites excluding steroid dienone is 6. The van der Waals surface area contributed by atoms with E-state index >= 15 is 0 Å². The fourth-order valence-electron chi connectivity index (χ4n) is 3.86. The molecule has 0 bridgehead atoms. The van der Waals surface area contributed by atoms with E-state index in [-0.39, 0.29) is 12.5 Å². The molecule has 3 heteroatoms. The summed E-state index contributed by atoms with van der Waals surface area (Å²) >= 11 is 0. The van der Waals surface area contributed by atoms with Crippen LogP contribution in [0, 0.1) is 11.8 Å². The van der Waals surface area contributed by atoms with E-state index in [1.165, 1.54) is 16.7 Å². The molecule has 0 N–H and O–H groups in total. The number of carbonyl (C=O) groups is 1. The molecule has 1 aliphatic rings. The third-order valence-corrected chi connectivity index (χ3v) is 5.99. The number of carbonyl (C=O) groups excluding carboxylic acids is 1. The van der Waals surface area contributed by atoms with Gasteiger partial charge < -0.3 is 4.74 Å². The van der Waals surface area contributed by atoms with Gasteiger partial charge in [-0.05, 0) is 64.4 Å². The summed E-state index contributed by atoms with van der Waals surface area (Å²) in [5.41, 5.74) is 6.17. The van der Waals surface area contributed by atoms with Crippen molar-refractivity contribution in [3.05, 3.63) is 70.8 Å². The Bertz CT molecular complexity index is 811. The van der Waals surface area contributed by atoms with Gasteiger partial charge in [0.25, 0.3) is 0 Å². The van der Waals surface area contributed by atoms with Gasteiger partial charge in [0.15, 0.2) is 0 Å². The third-order valence-electron chi connectivity index (χ3n) is 5.99. The van der Waals surface area contributed by atoms with Gasteiger partial charge in [-0.2, -0.15) is 4.99 Å². The maximum absolute atomic E-state index is 12.2. The molecule has 1 fully saturated rings. The number of benzene rings is 1. The number of ether oxygens (including phenoxy) is 1. The molecule has 1 saturated carbocycles. The van der Waals surface area contributed by atoms with Gasteiger partial charge in [0.05, 0.1) is 0 Å². The zero-order valence-electron chi connectivity index (χ0n) is 19.3. The molecule has 0 radical (unpaired) electrons. The topological polar surface area (TPSA) is 38.7 Å². The minimum atomic E-state index is -0.477. The summed E-state index contributed by atoms with van der Waals surface area (Å²) in [5, 5.41) is 0. The standard InChI is InChI=1S/C27H37NO2/c1-6-24(20(2)3)17-15-21(4)16-18-25-13-10-14-26(22(25)5)28-27(29)30-19-23-11-8-7-9-12-23/h7-9,11-12,15-16,18,22,25H,6,10,13-14,17,19H2,1-5H3/b18-16+,21-15+,28-26+/t22-,25?/m1/s1. The van der Waals surface area contributed by atoms with Gasteiger partial charge in [0, 0.05) is 11.6 Å². The average Bonchev–Trinajstić information content (AvgIpc) is 2.74. The van der Waals surface area contributed by atoms with Crippen LogP contribution >= 0.6 is 0 Å². The van der Waals surface area contributed by atoms with Gasteiger partial charge in [-0.15, -0.1) is 0 Å². The number of nitrogens with zero attached hydrogens (tertiary/aromatic N) is 1. The Hall–Kier alpha value is -2.42. The van der Waals surface area contributed by atoms with E-state index in [1.54, 1.807) is 0 Å². The molecular weight excluding hydrogens is 370 g/mol. The molecule has 0 aliphatic heterocycles. The average molecular weight is 408 g/mol. The zero-order chi connectivity index (χ0) is 21.9. The summed E-state index contributed by atoms with van der Waals surface area (Å²) in [6.07, 6.45) is 11.6. The number of hydrogen-bond donors (Lipinski definition) is 0. The molecule has 0 spiro atoms. The molecule has 1 aromatic carbocycles. The largest absolute Gasteiger partial charge is 0.443 e. The summed E-state index contributed by atoms with van der Waals surface area (Å²) in [5.74, 6) is 0.674. The first-order valence-electron chi connectivity index (χ1n) is 11.2. The lowest BCUT2D eigenvalue weighted by Gasteiger charge is -2.27. The highest BCUT2D eigenvalue weighted by Crippen LogP contribution is 2.29. The van der Waals surface area contributed by atoms with E-state index in [9.17, 15) is 4.79 Å². The van der Waals surface area contributed by atoms with Crippen molar-refractivity contribution in [2.45, 2.75) is 73.3 Å². The molecule has 1 aromatic rings. The van der Waals surface area contributed by atoms with Crippen molar-refractivity contribution in [1.82, 2.24) is 0 Å². The maximum Gasteiger partial charge on any atom is 0.433 e. The Morgan fingerprint density at radius 2 is 1.93 bits per heavy atom. The molecule has 3 nitrogen and oxygen atoms in total. The summed E-state index contributed by atoms with van der Waals surface area (Å²) in [6, 6.07) is 9.72. The van der Waals surface area contributed by atoms with Crippen molar-refractivity contribution >= 4 is 11.8 Å². The van der Waals surface area contributed by atoms with E-state index in [1.807, 2.05) is 30.3 Å². The van der Waals surface area contributed by atoms with Crippen molar-refractivity contribution < 1.29 is 9.53 Å². The summed E-state index contributed by atoms with van der Waals surface area (Å²) in [6.45, 7) is 11.2. The van der Waals surface area contributed by atoms with Crippen molar-refractivity contribution in [1.29, 1.82) is 0 Å². The van der Waals surface area contributed by atoms with Crippen LogP contribution in [0.25, 0.3) is 0 Å². The second kappa shape index (κ2) is 12.3. The Labute approximate surface area is 182 Å². The van der Waals surface area contributed by atoms with E-state index in [0.29, 0.717) is 5.92 Å². The molecule has 1 aliphatic carbocycles. The van der Waals surface area contributed by atoms with E-state index in [2.05, 4.69) is 57.8 Å². The second-order valence-corrected chi connectivity index (χ2v) is 8.46. The molecule has 1 unspecified atom stereocenters. The minimum absolute atomic E-state index is 0.260. The fraction of sp³-hybridized carbons (Fsp3) is 0.481. The lowest BCUT2D eigenvalue weighted by Crippen LogP contribution is -2.26. The summed E-state index contributed by atoms with van der Waals surface area (Å²) in [4.78, 5) is 16.5. The highest BCUT2D eigenvalue weighted by atomic mass is 16.5. The first-order valence-corrected chi connectivity index (χ1v) is 11.2. The van der Waals surface area contributed by atoms with Crippen LogP contribution in [-0.4, -0.2) is 11.8 Å². The van der Waals surface area contributed by atoms with Gasteiger partial charge in [-0.3, -0.25) is 0 Å².